The predicted octanol–water partition coefficient (Wildman–Crippen LogP) is 3.26. The van der Waals surface area contributed by atoms with Crippen molar-refractivity contribution in [3.8, 4) is 5.75 Å². The molecule has 27 heavy (non-hydrogen) atoms. The van der Waals surface area contributed by atoms with E-state index in [2.05, 4.69) is 5.32 Å². The Labute approximate surface area is 159 Å². The average Bonchev–Trinajstić information content (AvgIpc) is 2.64. The first-order valence-corrected chi connectivity index (χ1v) is 10.0. The second-order valence-electron chi connectivity index (χ2n) is 5.89. The number of hydrogen-bond acceptors (Lipinski definition) is 4. The van der Waals surface area contributed by atoms with Crippen molar-refractivity contribution < 1.29 is 22.3 Å². The number of nitrogens with zero attached hydrogens (tertiary/aromatic N) is 1. The Morgan fingerprint density at radius 3 is 2.33 bits per heavy atom. The van der Waals surface area contributed by atoms with Gasteiger partial charge in [-0.2, -0.15) is 0 Å². The third kappa shape index (κ3) is 6.04. The maximum Gasteiger partial charge on any atom is 0.242 e. The molecule has 8 heteroatoms. The van der Waals surface area contributed by atoms with Gasteiger partial charge in [0.2, 0.25) is 15.9 Å². The zero-order chi connectivity index (χ0) is 19.9. The summed E-state index contributed by atoms with van der Waals surface area (Å²) in [5.74, 6) is 0.0254. The largest absolute Gasteiger partial charge is 0.494 e. The summed E-state index contributed by atoms with van der Waals surface area (Å²) in [5.41, 5.74) is 0.649. The monoisotopic (exact) mass is 394 g/mol. The van der Waals surface area contributed by atoms with Gasteiger partial charge in [-0.15, -0.1) is 0 Å². The maximum atomic E-state index is 12.9. The number of carbonyl (C=O) groups excluding carboxylic acids is 1. The van der Waals surface area contributed by atoms with Crippen LogP contribution in [0.1, 0.15) is 19.8 Å². The van der Waals surface area contributed by atoms with Gasteiger partial charge >= 0.3 is 0 Å². The third-order valence-corrected chi connectivity index (χ3v) is 5.72. The molecule has 0 aliphatic heterocycles. The van der Waals surface area contributed by atoms with Crippen LogP contribution in [0.15, 0.2) is 53.4 Å². The van der Waals surface area contributed by atoms with E-state index in [-0.39, 0.29) is 23.8 Å². The minimum absolute atomic E-state index is 0.0187. The van der Waals surface area contributed by atoms with Crippen LogP contribution < -0.4 is 10.1 Å². The number of amides is 1. The number of anilines is 1. The Balaban J connectivity index is 1.82. The van der Waals surface area contributed by atoms with E-state index >= 15 is 0 Å². The number of ether oxygens (including phenoxy) is 1. The van der Waals surface area contributed by atoms with Crippen molar-refractivity contribution in [2.75, 3.05) is 25.5 Å². The van der Waals surface area contributed by atoms with Crippen LogP contribution in [0.3, 0.4) is 0 Å². The highest BCUT2D eigenvalue weighted by Gasteiger charge is 2.20. The minimum Gasteiger partial charge on any atom is -0.494 e. The molecule has 0 unspecified atom stereocenters. The van der Waals surface area contributed by atoms with Crippen molar-refractivity contribution in [3.63, 3.8) is 0 Å². The molecule has 0 bridgehead atoms. The van der Waals surface area contributed by atoms with Gasteiger partial charge < -0.3 is 10.1 Å². The molecule has 0 atom stereocenters. The number of rotatable bonds is 9. The molecule has 2 aromatic rings. The lowest BCUT2D eigenvalue weighted by Crippen LogP contribution is -2.28. The zero-order valence-electron chi connectivity index (χ0n) is 15.3. The summed E-state index contributed by atoms with van der Waals surface area (Å²) in [7, 11) is -2.27. The maximum absolute atomic E-state index is 12.9. The third-order valence-electron chi connectivity index (χ3n) is 3.85. The number of hydrogen-bond donors (Lipinski definition) is 1. The molecule has 6 nitrogen and oxygen atoms in total. The summed E-state index contributed by atoms with van der Waals surface area (Å²) in [6, 6.07) is 11.7. The van der Waals surface area contributed by atoms with Crippen molar-refractivity contribution in [1.29, 1.82) is 0 Å². The molecule has 0 aliphatic rings. The van der Waals surface area contributed by atoms with Crippen LogP contribution in [0.2, 0.25) is 0 Å². The molecule has 0 radical (unpaired) electrons. The molecule has 0 fully saturated rings. The molecule has 0 saturated heterocycles. The molecule has 146 valence electrons. The highest BCUT2D eigenvalue weighted by Crippen LogP contribution is 2.17. The molecule has 1 N–H and O–H groups in total. The summed E-state index contributed by atoms with van der Waals surface area (Å²) in [6.45, 7) is 2.64. The van der Waals surface area contributed by atoms with Crippen LogP contribution >= 0.6 is 0 Å². The zero-order valence-corrected chi connectivity index (χ0v) is 16.1. The molecular weight excluding hydrogens is 371 g/mol. The number of halogens is 1. The fourth-order valence-corrected chi connectivity index (χ4v) is 3.60. The molecule has 2 rings (SSSR count). The minimum atomic E-state index is -3.70. The van der Waals surface area contributed by atoms with E-state index in [0.717, 1.165) is 22.2 Å². The first kappa shape index (κ1) is 20.9. The fraction of sp³-hybridized carbons (Fsp3) is 0.316. The van der Waals surface area contributed by atoms with Crippen LogP contribution in [0, 0.1) is 5.82 Å². The number of nitrogens with one attached hydrogen (secondary N) is 1. The Kier molecular flexibility index (Phi) is 7.32. The number of benzene rings is 2. The van der Waals surface area contributed by atoms with Gasteiger partial charge in [0, 0.05) is 25.7 Å². The highest BCUT2D eigenvalue weighted by atomic mass is 32.2. The second-order valence-corrected chi connectivity index (χ2v) is 7.93. The average molecular weight is 394 g/mol. The molecule has 0 saturated carbocycles. The van der Waals surface area contributed by atoms with Crippen LogP contribution in [-0.4, -0.2) is 38.8 Å². The van der Waals surface area contributed by atoms with Gasteiger partial charge in [-0.1, -0.05) is 0 Å². The summed E-state index contributed by atoms with van der Waals surface area (Å²) >= 11 is 0. The van der Waals surface area contributed by atoms with E-state index in [0.29, 0.717) is 18.7 Å². The van der Waals surface area contributed by atoms with E-state index in [1.165, 1.54) is 19.2 Å². The van der Waals surface area contributed by atoms with Gasteiger partial charge in [-0.05, 0) is 61.9 Å². The standard InChI is InChI=1S/C19H23FN2O4S/c1-3-26-17-10-8-16(9-11-17)21-19(23)5-4-14-22(2)27(24,25)18-12-6-15(20)7-13-18/h6-13H,3-5,14H2,1-2H3,(H,21,23). The molecular formula is C19H23FN2O4S. The van der Waals surface area contributed by atoms with Crippen LogP contribution in [-0.2, 0) is 14.8 Å². The Morgan fingerprint density at radius 2 is 1.74 bits per heavy atom. The second kappa shape index (κ2) is 9.48. The molecule has 0 aliphatic carbocycles. The van der Waals surface area contributed by atoms with Gasteiger partial charge in [-0.3, -0.25) is 4.79 Å². The van der Waals surface area contributed by atoms with Gasteiger partial charge in [0.05, 0.1) is 11.5 Å². The van der Waals surface area contributed by atoms with Gasteiger partial charge in [0.15, 0.2) is 0 Å². The van der Waals surface area contributed by atoms with Crippen molar-refractivity contribution in [1.82, 2.24) is 4.31 Å². The smallest absolute Gasteiger partial charge is 0.242 e. The quantitative estimate of drug-likeness (QED) is 0.708. The van der Waals surface area contributed by atoms with Gasteiger partial charge in [0.25, 0.3) is 0 Å². The van der Waals surface area contributed by atoms with Crippen molar-refractivity contribution >= 4 is 21.6 Å². The van der Waals surface area contributed by atoms with E-state index in [9.17, 15) is 17.6 Å². The van der Waals surface area contributed by atoms with Gasteiger partial charge in [-0.25, -0.2) is 17.1 Å². The van der Waals surface area contributed by atoms with E-state index in [4.69, 9.17) is 4.74 Å². The Hall–Kier alpha value is -2.45. The first-order valence-electron chi connectivity index (χ1n) is 8.57. The molecule has 2 aromatic carbocycles. The number of sulfonamides is 1. The van der Waals surface area contributed by atoms with Crippen molar-refractivity contribution in [2.45, 2.75) is 24.7 Å². The molecule has 0 spiro atoms. The lowest BCUT2D eigenvalue weighted by Gasteiger charge is -2.17. The highest BCUT2D eigenvalue weighted by molar-refractivity contribution is 7.89. The Morgan fingerprint density at radius 1 is 1.11 bits per heavy atom. The van der Waals surface area contributed by atoms with E-state index in [1.807, 2.05) is 6.92 Å². The lowest BCUT2D eigenvalue weighted by molar-refractivity contribution is -0.116. The fourth-order valence-electron chi connectivity index (χ4n) is 2.39. The van der Waals surface area contributed by atoms with E-state index in [1.54, 1.807) is 24.3 Å². The summed E-state index contributed by atoms with van der Waals surface area (Å²) < 4.78 is 44.2. The topological polar surface area (TPSA) is 75.7 Å². The van der Waals surface area contributed by atoms with Crippen LogP contribution in [0.25, 0.3) is 0 Å². The summed E-state index contributed by atoms with van der Waals surface area (Å²) in [6.07, 6.45) is 0.538. The summed E-state index contributed by atoms with van der Waals surface area (Å²) in [5, 5.41) is 2.76. The lowest BCUT2D eigenvalue weighted by atomic mass is 10.2. The molecule has 1 amide bonds. The van der Waals surface area contributed by atoms with Gasteiger partial charge in [0.1, 0.15) is 11.6 Å². The Bertz CT molecular complexity index is 852. The number of carbonyl (C=O) groups is 1. The van der Waals surface area contributed by atoms with Crippen LogP contribution in [0.5, 0.6) is 5.75 Å². The van der Waals surface area contributed by atoms with Crippen LogP contribution in [0.4, 0.5) is 10.1 Å². The SMILES string of the molecule is CCOc1ccc(NC(=O)CCCN(C)S(=O)(=O)c2ccc(F)cc2)cc1. The first-order chi connectivity index (χ1) is 12.8. The molecule has 0 heterocycles. The van der Waals surface area contributed by atoms with Crippen molar-refractivity contribution in [2.24, 2.45) is 0 Å². The van der Waals surface area contributed by atoms with Crippen molar-refractivity contribution in [3.05, 3.63) is 54.3 Å². The molecule has 0 aromatic heterocycles. The normalized spacial score (nSPS) is 11.4. The van der Waals surface area contributed by atoms with E-state index < -0.39 is 15.8 Å². The summed E-state index contributed by atoms with van der Waals surface area (Å²) in [4.78, 5) is 12.0. The predicted molar refractivity (Wildman–Crippen MR) is 102 cm³/mol.